The number of aromatic nitrogens is 4. The van der Waals surface area contributed by atoms with E-state index in [1.807, 2.05) is 45.9 Å². The molecule has 0 fully saturated rings. The SMILES string of the molecule is CC.CCc1c(C)nn2c(N)c(C#N)c(NCCc3cccc(COC)n3)nc12. The van der Waals surface area contributed by atoms with Crippen LogP contribution < -0.4 is 11.1 Å². The number of nitrogens with two attached hydrogens (primary N) is 1. The smallest absolute Gasteiger partial charge is 0.163 e. The minimum absolute atomic E-state index is 0.299. The number of hydrogen-bond donors (Lipinski definition) is 2. The van der Waals surface area contributed by atoms with Crippen molar-refractivity contribution < 1.29 is 4.74 Å². The third kappa shape index (κ3) is 4.81. The summed E-state index contributed by atoms with van der Waals surface area (Å²) in [7, 11) is 1.65. The van der Waals surface area contributed by atoms with Crippen molar-refractivity contribution in [1.29, 1.82) is 5.26 Å². The Bertz CT molecular complexity index is 1000. The Kier molecular flexibility index (Phi) is 7.92. The van der Waals surface area contributed by atoms with E-state index in [4.69, 9.17) is 10.5 Å². The predicted octanol–water partition coefficient (Wildman–Crippen LogP) is 3.28. The van der Waals surface area contributed by atoms with E-state index in [-0.39, 0.29) is 0 Å². The van der Waals surface area contributed by atoms with Crippen molar-refractivity contribution in [1.82, 2.24) is 19.6 Å². The Labute approximate surface area is 171 Å². The lowest BCUT2D eigenvalue weighted by Gasteiger charge is -2.11. The van der Waals surface area contributed by atoms with Crippen LogP contribution in [-0.2, 0) is 24.2 Å². The first kappa shape index (κ1) is 22.1. The number of nitrogens with one attached hydrogen (secondary N) is 1. The number of ether oxygens (including phenoxy) is 1. The predicted molar refractivity (Wildman–Crippen MR) is 115 cm³/mol. The summed E-state index contributed by atoms with van der Waals surface area (Å²) in [6, 6.07) is 7.99. The summed E-state index contributed by atoms with van der Waals surface area (Å²) >= 11 is 0. The van der Waals surface area contributed by atoms with E-state index in [9.17, 15) is 5.26 Å². The number of pyridine rings is 1. The summed E-state index contributed by atoms with van der Waals surface area (Å²) in [5, 5.41) is 17.2. The molecule has 0 saturated carbocycles. The van der Waals surface area contributed by atoms with Crippen molar-refractivity contribution in [2.45, 2.75) is 47.1 Å². The zero-order valence-corrected chi connectivity index (χ0v) is 17.8. The molecule has 0 spiro atoms. The van der Waals surface area contributed by atoms with Crippen LogP contribution in [0, 0.1) is 18.3 Å². The summed E-state index contributed by atoms with van der Waals surface area (Å²) in [4.78, 5) is 9.17. The summed E-state index contributed by atoms with van der Waals surface area (Å²) in [6.07, 6.45) is 1.48. The molecule has 0 saturated heterocycles. The zero-order chi connectivity index (χ0) is 21.4. The molecule has 0 aromatic carbocycles. The third-order valence-corrected chi connectivity index (χ3v) is 4.39. The van der Waals surface area contributed by atoms with E-state index in [0.29, 0.717) is 42.4 Å². The normalized spacial score (nSPS) is 10.3. The van der Waals surface area contributed by atoms with Crippen molar-refractivity contribution in [2.24, 2.45) is 0 Å². The summed E-state index contributed by atoms with van der Waals surface area (Å²) in [6.45, 7) is 9.03. The van der Waals surface area contributed by atoms with Gasteiger partial charge in [0.15, 0.2) is 5.65 Å². The van der Waals surface area contributed by atoms with E-state index in [0.717, 1.165) is 29.1 Å². The highest BCUT2D eigenvalue weighted by Crippen LogP contribution is 2.24. The topological polar surface area (TPSA) is 114 Å². The molecular formula is C21H29N7O. The molecular weight excluding hydrogens is 366 g/mol. The molecule has 3 N–H and O–H groups in total. The molecule has 0 atom stereocenters. The fourth-order valence-corrected chi connectivity index (χ4v) is 3.08. The van der Waals surface area contributed by atoms with Gasteiger partial charge in [-0.2, -0.15) is 14.9 Å². The van der Waals surface area contributed by atoms with Gasteiger partial charge in [0.2, 0.25) is 0 Å². The average Bonchev–Trinajstić information content (AvgIpc) is 3.06. The minimum Gasteiger partial charge on any atom is -0.382 e. The molecule has 0 aliphatic rings. The summed E-state index contributed by atoms with van der Waals surface area (Å²) < 4.78 is 6.67. The minimum atomic E-state index is 0.299. The van der Waals surface area contributed by atoms with Gasteiger partial charge in [0.1, 0.15) is 23.3 Å². The molecule has 3 rings (SSSR count). The van der Waals surface area contributed by atoms with Crippen LogP contribution in [0.25, 0.3) is 5.65 Å². The monoisotopic (exact) mass is 395 g/mol. The average molecular weight is 396 g/mol. The maximum absolute atomic E-state index is 9.53. The van der Waals surface area contributed by atoms with Crippen molar-refractivity contribution in [2.75, 3.05) is 24.7 Å². The Hall–Kier alpha value is -3.18. The first-order valence-corrected chi connectivity index (χ1v) is 9.84. The van der Waals surface area contributed by atoms with E-state index in [1.54, 1.807) is 11.6 Å². The van der Waals surface area contributed by atoms with E-state index < -0.39 is 0 Å². The highest BCUT2D eigenvalue weighted by molar-refractivity contribution is 5.69. The summed E-state index contributed by atoms with van der Waals surface area (Å²) in [5.74, 6) is 0.776. The molecule has 0 radical (unpaired) electrons. The van der Waals surface area contributed by atoms with Gasteiger partial charge in [0.25, 0.3) is 0 Å². The first-order chi connectivity index (χ1) is 14.1. The number of hydrogen-bond acceptors (Lipinski definition) is 7. The molecule has 29 heavy (non-hydrogen) atoms. The number of rotatable bonds is 7. The van der Waals surface area contributed by atoms with E-state index in [1.165, 1.54) is 0 Å². The van der Waals surface area contributed by atoms with Gasteiger partial charge in [-0.3, -0.25) is 4.98 Å². The lowest BCUT2D eigenvalue weighted by Crippen LogP contribution is -2.13. The van der Waals surface area contributed by atoms with Gasteiger partial charge in [-0.1, -0.05) is 26.8 Å². The van der Waals surface area contributed by atoms with Crippen LogP contribution in [0.2, 0.25) is 0 Å². The summed E-state index contributed by atoms with van der Waals surface area (Å²) in [5.41, 5.74) is 10.9. The van der Waals surface area contributed by atoms with Crippen LogP contribution in [0.5, 0.6) is 0 Å². The second kappa shape index (κ2) is 10.4. The van der Waals surface area contributed by atoms with Gasteiger partial charge in [0, 0.05) is 31.3 Å². The standard InChI is InChI=1S/C19H23N7O.C2H6/c1-4-15-12(2)25-26-17(21)16(10-20)18(24-19(15)26)22-9-8-13-6-5-7-14(23-13)11-27-3;1-2/h5-7H,4,8-9,11,21H2,1-3H3,(H,22,24);1-2H3. The number of aryl methyl sites for hydroxylation is 2. The van der Waals surface area contributed by atoms with Gasteiger partial charge in [-0.25, -0.2) is 4.98 Å². The largest absolute Gasteiger partial charge is 0.382 e. The van der Waals surface area contributed by atoms with Crippen molar-refractivity contribution in [3.8, 4) is 6.07 Å². The van der Waals surface area contributed by atoms with E-state index >= 15 is 0 Å². The molecule has 0 aliphatic heterocycles. The number of nitrogen functional groups attached to an aromatic ring is 1. The molecule has 3 aromatic rings. The van der Waals surface area contributed by atoms with E-state index in [2.05, 4.69) is 26.5 Å². The quantitative estimate of drug-likeness (QED) is 0.631. The highest BCUT2D eigenvalue weighted by atomic mass is 16.5. The van der Waals surface area contributed by atoms with Crippen LogP contribution in [0.15, 0.2) is 18.2 Å². The van der Waals surface area contributed by atoms with Crippen LogP contribution in [0.1, 0.15) is 49.0 Å². The Morgan fingerprint density at radius 2 is 1.97 bits per heavy atom. The van der Waals surface area contributed by atoms with Crippen molar-refractivity contribution in [3.63, 3.8) is 0 Å². The number of nitrogens with zero attached hydrogens (tertiary/aromatic N) is 5. The molecule has 0 bridgehead atoms. The lowest BCUT2D eigenvalue weighted by atomic mass is 10.2. The number of methoxy groups -OCH3 is 1. The Balaban J connectivity index is 0.00000145. The highest BCUT2D eigenvalue weighted by Gasteiger charge is 2.18. The molecule has 8 nitrogen and oxygen atoms in total. The molecule has 0 amide bonds. The molecule has 0 unspecified atom stereocenters. The van der Waals surface area contributed by atoms with Crippen LogP contribution in [-0.4, -0.2) is 33.2 Å². The fraction of sp³-hybridized carbons (Fsp3) is 0.429. The molecule has 3 aromatic heterocycles. The van der Waals surface area contributed by atoms with Crippen molar-refractivity contribution in [3.05, 3.63) is 46.4 Å². The van der Waals surface area contributed by atoms with Gasteiger partial charge in [-0.15, -0.1) is 0 Å². The maximum atomic E-state index is 9.53. The lowest BCUT2D eigenvalue weighted by molar-refractivity contribution is 0.181. The first-order valence-electron chi connectivity index (χ1n) is 9.84. The second-order valence-electron chi connectivity index (χ2n) is 6.22. The Morgan fingerprint density at radius 3 is 2.62 bits per heavy atom. The molecule has 3 heterocycles. The second-order valence-corrected chi connectivity index (χ2v) is 6.22. The van der Waals surface area contributed by atoms with Gasteiger partial charge >= 0.3 is 0 Å². The van der Waals surface area contributed by atoms with Gasteiger partial charge < -0.3 is 15.8 Å². The van der Waals surface area contributed by atoms with Gasteiger partial charge in [0.05, 0.1) is 18.0 Å². The number of nitriles is 1. The molecule has 8 heteroatoms. The number of fused-ring (bicyclic) bond motifs is 1. The fourth-order valence-electron chi connectivity index (χ4n) is 3.08. The van der Waals surface area contributed by atoms with Gasteiger partial charge in [-0.05, 0) is 25.5 Å². The van der Waals surface area contributed by atoms with Crippen LogP contribution in [0.3, 0.4) is 0 Å². The molecule has 0 aliphatic carbocycles. The van der Waals surface area contributed by atoms with Crippen LogP contribution >= 0.6 is 0 Å². The Morgan fingerprint density at radius 1 is 1.24 bits per heavy atom. The van der Waals surface area contributed by atoms with Crippen LogP contribution in [0.4, 0.5) is 11.6 Å². The maximum Gasteiger partial charge on any atom is 0.163 e. The molecule has 154 valence electrons. The third-order valence-electron chi connectivity index (χ3n) is 4.39. The van der Waals surface area contributed by atoms with Crippen molar-refractivity contribution >= 4 is 17.3 Å². The number of anilines is 2. The zero-order valence-electron chi connectivity index (χ0n) is 17.8.